The predicted octanol–water partition coefficient (Wildman–Crippen LogP) is 7.18. The van der Waals surface area contributed by atoms with Crippen LogP contribution in [0.2, 0.25) is 0 Å². The van der Waals surface area contributed by atoms with Crippen LogP contribution in [0, 0.1) is 62.6 Å². The minimum atomic E-state index is -0.179. The second kappa shape index (κ2) is 9.43. The van der Waals surface area contributed by atoms with Gasteiger partial charge in [0.05, 0.1) is 24.2 Å². The van der Waals surface area contributed by atoms with E-state index in [9.17, 15) is 9.90 Å². The van der Waals surface area contributed by atoms with Crippen molar-refractivity contribution >= 4 is 5.97 Å². The SMILES string of the molecule is CC(C)C(OC(=O)C1CCOCC1)C1C[C@@H](C)C2C(C[C@@]3(C)C4CCC5C(C)(C)C(O)CCC56CC46CCC23C)O1. The topological polar surface area (TPSA) is 65.0 Å². The standard InChI is InChI=1S/C36H58O5/c1-21(2)30(41-31(38)23-11-16-39-17-12-23)24-18-22(3)29-25(40-24)19-34(7)27-9-8-26-32(4,5)28(37)10-13-35(26)20-36(27,35)15-14-33(29,34)6/h21-30,37H,8-20H2,1-7H3/t22-,24?,25?,26?,27?,28?,29?,30?,33?,34+,35?,36?/m1/s1. The molecule has 0 radical (unpaired) electrons. The maximum atomic E-state index is 13.2. The average Bonchev–Trinajstić information content (AvgIpc) is 3.53. The van der Waals surface area contributed by atoms with E-state index in [0.717, 1.165) is 38.0 Å². The number of aliphatic hydroxyl groups excluding tert-OH is 1. The minimum Gasteiger partial charge on any atom is -0.459 e. The Morgan fingerprint density at radius 2 is 1.59 bits per heavy atom. The number of carbonyl (C=O) groups excluding carboxylic acids is 1. The van der Waals surface area contributed by atoms with E-state index in [1.807, 2.05) is 0 Å². The minimum absolute atomic E-state index is 0.0139. The molecule has 10 unspecified atom stereocenters. The first kappa shape index (κ1) is 29.1. The van der Waals surface area contributed by atoms with Crippen molar-refractivity contribution in [3.8, 4) is 0 Å². The fourth-order valence-corrected chi connectivity index (χ4v) is 13.4. The van der Waals surface area contributed by atoms with Crippen molar-refractivity contribution in [2.75, 3.05) is 13.2 Å². The fourth-order valence-electron chi connectivity index (χ4n) is 13.4. The lowest BCUT2D eigenvalue weighted by Crippen LogP contribution is -2.58. The zero-order valence-corrected chi connectivity index (χ0v) is 27.0. The molecule has 7 rings (SSSR count). The first-order valence-corrected chi connectivity index (χ1v) is 17.4. The molecule has 5 heteroatoms. The lowest BCUT2D eigenvalue weighted by molar-refractivity contribution is -0.193. The summed E-state index contributed by atoms with van der Waals surface area (Å²) in [7, 11) is 0. The molecule has 2 aliphatic heterocycles. The molecule has 41 heavy (non-hydrogen) atoms. The molecule has 0 aromatic rings. The van der Waals surface area contributed by atoms with Gasteiger partial charge in [0.15, 0.2) is 0 Å². The normalized spacial score (nSPS) is 52.9. The van der Waals surface area contributed by atoms with Crippen LogP contribution in [0.1, 0.15) is 119 Å². The summed E-state index contributed by atoms with van der Waals surface area (Å²) in [4.78, 5) is 13.2. The number of fused-ring (bicyclic) bond motifs is 4. The summed E-state index contributed by atoms with van der Waals surface area (Å²) in [6.07, 6.45) is 12.6. The summed E-state index contributed by atoms with van der Waals surface area (Å²) in [5.74, 6) is 2.74. The van der Waals surface area contributed by atoms with E-state index in [0.29, 0.717) is 47.2 Å². The van der Waals surface area contributed by atoms with Gasteiger partial charge in [-0.05, 0) is 127 Å². The Hall–Kier alpha value is -0.650. The van der Waals surface area contributed by atoms with Gasteiger partial charge in [-0.1, -0.05) is 48.5 Å². The van der Waals surface area contributed by atoms with Gasteiger partial charge < -0.3 is 19.3 Å². The molecule has 12 atom stereocenters. The number of rotatable bonds is 4. The fraction of sp³-hybridized carbons (Fsp3) is 0.972. The molecular weight excluding hydrogens is 512 g/mol. The molecule has 0 amide bonds. The van der Waals surface area contributed by atoms with Crippen molar-refractivity contribution < 1.29 is 24.1 Å². The highest BCUT2D eigenvalue weighted by atomic mass is 16.6. The summed E-state index contributed by atoms with van der Waals surface area (Å²) in [6.45, 7) is 18.2. The van der Waals surface area contributed by atoms with Crippen molar-refractivity contribution in [1.29, 1.82) is 0 Å². The molecule has 0 bridgehead atoms. The van der Waals surface area contributed by atoms with Crippen molar-refractivity contribution in [2.45, 2.75) is 144 Å². The van der Waals surface area contributed by atoms with E-state index in [-0.39, 0.29) is 53.1 Å². The lowest BCUT2D eigenvalue weighted by atomic mass is 9.41. The Morgan fingerprint density at radius 1 is 0.902 bits per heavy atom. The Bertz CT molecular complexity index is 1050. The average molecular weight is 571 g/mol. The Morgan fingerprint density at radius 3 is 2.29 bits per heavy atom. The highest BCUT2D eigenvalue weighted by molar-refractivity contribution is 5.72. The monoisotopic (exact) mass is 570 g/mol. The molecule has 1 N–H and O–H groups in total. The summed E-state index contributed by atoms with van der Waals surface area (Å²) in [6, 6.07) is 0. The summed E-state index contributed by atoms with van der Waals surface area (Å²) >= 11 is 0. The molecule has 2 heterocycles. The summed E-state index contributed by atoms with van der Waals surface area (Å²) in [5.41, 5.74) is 1.57. The van der Waals surface area contributed by atoms with Gasteiger partial charge in [-0.3, -0.25) is 4.79 Å². The maximum absolute atomic E-state index is 13.2. The molecule has 0 aromatic carbocycles. The van der Waals surface area contributed by atoms with Gasteiger partial charge >= 0.3 is 5.97 Å². The van der Waals surface area contributed by atoms with Crippen molar-refractivity contribution in [2.24, 2.45) is 62.6 Å². The first-order chi connectivity index (χ1) is 19.3. The number of hydrogen-bond acceptors (Lipinski definition) is 5. The highest BCUT2D eigenvalue weighted by Crippen LogP contribution is 2.89. The van der Waals surface area contributed by atoms with Crippen LogP contribution < -0.4 is 0 Å². The molecule has 232 valence electrons. The van der Waals surface area contributed by atoms with Gasteiger partial charge in [0, 0.05) is 13.2 Å². The van der Waals surface area contributed by atoms with Gasteiger partial charge in [-0.2, -0.15) is 0 Å². The van der Waals surface area contributed by atoms with E-state index in [1.165, 1.54) is 38.5 Å². The van der Waals surface area contributed by atoms with Crippen LogP contribution in [0.15, 0.2) is 0 Å². The van der Waals surface area contributed by atoms with E-state index < -0.39 is 0 Å². The van der Waals surface area contributed by atoms with Crippen LogP contribution in [0.3, 0.4) is 0 Å². The van der Waals surface area contributed by atoms with Crippen LogP contribution in [0.25, 0.3) is 0 Å². The summed E-state index contributed by atoms with van der Waals surface area (Å²) in [5, 5.41) is 11.0. The van der Waals surface area contributed by atoms with E-state index in [2.05, 4.69) is 48.5 Å². The Kier molecular flexibility index (Phi) is 6.69. The number of carbonyl (C=O) groups is 1. The highest BCUT2D eigenvalue weighted by Gasteiger charge is 2.83. The molecule has 7 fully saturated rings. The lowest BCUT2D eigenvalue weighted by Gasteiger charge is -2.63. The predicted molar refractivity (Wildman–Crippen MR) is 159 cm³/mol. The van der Waals surface area contributed by atoms with Gasteiger partial charge in [-0.15, -0.1) is 0 Å². The van der Waals surface area contributed by atoms with Crippen LogP contribution in [0.4, 0.5) is 0 Å². The molecule has 5 aliphatic carbocycles. The molecule has 2 saturated heterocycles. The smallest absolute Gasteiger partial charge is 0.309 e. The molecule has 5 nitrogen and oxygen atoms in total. The molecular formula is C36H58O5. The second-order valence-electron chi connectivity index (χ2n) is 17.6. The molecule has 0 aromatic heterocycles. The van der Waals surface area contributed by atoms with Crippen molar-refractivity contribution in [3.05, 3.63) is 0 Å². The Balaban J connectivity index is 1.13. The third kappa shape index (κ3) is 3.79. The Labute approximate surface area is 249 Å². The number of esters is 1. The van der Waals surface area contributed by atoms with Gasteiger partial charge in [0.1, 0.15) is 6.10 Å². The summed E-state index contributed by atoms with van der Waals surface area (Å²) < 4.78 is 19.0. The van der Waals surface area contributed by atoms with Crippen molar-refractivity contribution in [3.63, 3.8) is 0 Å². The van der Waals surface area contributed by atoms with E-state index in [1.54, 1.807) is 0 Å². The van der Waals surface area contributed by atoms with Crippen LogP contribution in [0.5, 0.6) is 0 Å². The van der Waals surface area contributed by atoms with E-state index in [4.69, 9.17) is 14.2 Å². The zero-order valence-electron chi connectivity index (χ0n) is 27.0. The van der Waals surface area contributed by atoms with Gasteiger partial charge in [0.25, 0.3) is 0 Å². The molecule has 5 saturated carbocycles. The van der Waals surface area contributed by atoms with Crippen molar-refractivity contribution in [1.82, 2.24) is 0 Å². The molecule has 2 spiro atoms. The van der Waals surface area contributed by atoms with E-state index >= 15 is 0 Å². The number of hydrogen-bond donors (Lipinski definition) is 1. The quantitative estimate of drug-likeness (QED) is 0.363. The second-order valence-corrected chi connectivity index (χ2v) is 17.6. The van der Waals surface area contributed by atoms with Crippen LogP contribution >= 0.6 is 0 Å². The van der Waals surface area contributed by atoms with Gasteiger partial charge in [-0.25, -0.2) is 0 Å². The largest absolute Gasteiger partial charge is 0.459 e. The van der Waals surface area contributed by atoms with Crippen LogP contribution in [-0.2, 0) is 19.0 Å². The first-order valence-electron chi connectivity index (χ1n) is 17.4. The zero-order chi connectivity index (χ0) is 29.2. The van der Waals surface area contributed by atoms with Gasteiger partial charge in [0.2, 0.25) is 0 Å². The number of ether oxygens (including phenoxy) is 3. The van der Waals surface area contributed by atoms with Crippen LogP contribution in [-0.4, -0.2) is 48.7 Å². The number of aliphatic hydroxyl groups is 1. The maximum Gasteiger partial charge on any atom is 0.309 e. The third-order valence-corrected chi connectivity index (χ3v) is 15.5. The third-order valence-electron chi connectivity index (χ3n) is 15.5. The molecule has 7 aliphatic rings.